The number of halogens is 2. The molecule has 0 saturated carbocycles. The predicted molar refractivity (Wildman–Crippen MR) is 76.0 cm³/mol. The third-order valence-electron chi connectivity index (χ3n) is 3.60. The van der Waals surface area contributed by atoms with E-state index < -0.39 is 0 Å². The highest BCUT2D eigenvalue weighted by Crippen LogP contribution is 2.34. The standard InChI is InChI=1S/C12H14BrClN4/c1-17-4-2-8(3-5-17)18-6-9(13)10-11(14)15-7-16-12(10)18/h6-8H,2-5H2,1H3. The minimum atomic E-state index is 0.501. The van der Waals surface area contributed by atoms with E-state index in [2.05, 4.69) is 48.6 Å². The van der Waals surface area contributed by atoms with E-state index >= 15 is 0 Å². The van der Waals surface area contributed by atoms with Crippen molar-refractivity contribution >= 4 is 38.6 Å². The van der Waals surface area contributed by atoms with Gasteiger partial charge in [-0.1, -0.05) is 11.6 Å². The molecule has 96 valence electrons. The SMILES string of the molecule is CN1CCC(n2cc(Br)c3c(Cl)ncnc32)CC1. The van der Waals surface area contributed by atoms with Crippen LogP contribution in [0.1, 0.15) is 18.9 Å². The number of fused-ring (bicyclic) bond motifs is 1. The van der Waals surface area contributed by atoms with Crippen molar-refractivity contribution in [3.05, 3.63) is 22.1 Å². The Balaban J connectivity index is 2.05. The van der Waals surface area contributed by atoms with E-state index in [-0.39, 0.29) is 0 Å². The minimum absolute atomic E-state index is 0.501. The van der Waals surface area contributed by atoms with Gasteiger partial charge in [-0.25, -0.2) is 9.97 Å². The third kappa shape index (κ3) is 2.04. The lowest BCUT2D eigenvalue weighted by Crippen LogP contribution is -2.31. The Morgan fingerprint density at radius 3 is 2.78 bits per heavy atom. The maximum atomic E-state index is 6.14. The molecule has 1 saturated heterocycles. The van der Waals surface area contributed by atoms with Crippen LogP contribution in [-0.2, 0) is 0 Å². The van der Waals surface area contributed by atoms with Gasteiger partial charge in [0.05, 0.1) is 5.39 Å². The molecule has 6 heteroatoms. The van der Waals surface area contributed by atoms with Crippen LogP contribution in [0.15, 0.2) is 17.0 Å². The molecule has 1 aliphatic heterocycles. The lowest BCUT2D eigenvalue weighted by Gasteiger charge is -2.30. The highest BCUT2D eigenvalue weighted by molar-refractivity contribution is 9.10. The molecular weight excluding hydrogens is 316 g/mol. The van der Waals surface area contributed by atoms with E-state index in [1.54, 1.807) is 0 Å². The average molecular weight is 330 g/mol. The van der Waals surface area contributed by atoms with Gasteiger partial charge in [0.2, 0.25) is 0 Å². The first-order valence-corrected chi connectivity index (χ1v) is 7.19. The molecule has 0 unspecified atom stereocenters. The molecule has 0 amide bonds. The fourth-order valence-corrected chi connectivity index (χ4v) is 3.49. The minimum Gasteiger partial charge on any atom is -0.328 e. The normalized spacial score (nSPS) is 18.6. The summed E-state index contributed by atoms with van der Waals surface area (Å²) in [5.41, 5.74) is 0.927. The van der Waals surface area contributed by atoms with Gasteiger partial charge in [-0.2, -0.15) is 0 Å². The van der Waals surface area contributed by atoms with Crippen LogP contribution in [0.5, 0.6) is 0 Å². The zero-order valence-corrected chi connectivity index (χ0v) is 12.4. The molecule has 2 aromatic heterocycles. The van der Waals surface area contributed by atoms with Crippen LogP contribution < -0.4 is 0 Å². The fraction of sp³-hybridized carbons (Fsp3) is 0.500. The number of rotatable bonds is 1. The molecule has 0 radical (unpaired) electrons. The van der Waals surface area contributed by atoms with Crippen LogP contribution in [-0.4, -0.2) is 39.6 Å². The molecule has 1 aliphatic rings. The zero-order chi connectivity index (χ0) is 12.7. The Bertz CT molecular complexity index is 575. The Hall–Kier alpha value is -0.650. The van der Waals surface area contributed by atoms with Crippen LogP contribution >= 0.6 is 27.5 Å². The predicted octanol–water partition coefficient (Wildman–Crippen LogP) is 3.11. The summed E-state index contributed by atoms with van der Waals surface area (Å²) >= 11 is 9.69. The van der Waals surface area contributed by atoms with Crippen LogP contribution in [0.4, 0.5) is 0 Å². The second-order valence-corrected chi connectivity index (χ2v) is 5.99. The summed E-state index contributed by atoms with van der Waals surface area (Å²) in [6.07, 6.45) is 5.91. The van der Waals surface area contributed by atoms with Gasteiger partial charge in [0.25, 0.3) is 0 Å². The molecular formula is C12H14BrClN4. The lowest BCUT2D eigenvalue weighted by atomic mass is 10.1. The first-order valence-electron chi connectivity index (χ1n) is 6.02. The Labute approximate surface area is 119 Å². The average Bonchev–Trinajstić information content (AvgIpc) is 2.69. The summed E-state index contributed by atoms with van der Waals surface area (Å²) in [6, 6.07) is 0.501. The molecule has 0 aromatic carbocycles. The maximum Gasteiger partial charge on any atom is 0.146 e. The van der Waals surface area contributed by atoms with Gasteiger partial charge in [0.15, 0.2) is 0 Å². The molecule has 0 spiro atoms. The molecule has 3 rings (SSSR count). The van der Waals surface area contributed by atoms with Crippen molar-refractivity contribution in [2.24, 2.45) is 0 Å². The summed E-state index contributed by atoms with van der Waals surface area (Å²) in [5, 5.41) is 1.43. The largest absolute Gasteiger partial charge is 0.328 e. The van der Waals surface area contributed by atoms with E-state index in [0.717, 1.165) is 41.4 Å². The molecule has 2 aromatic rings. The lowest BCUT2D eigenvalue weighted by molar-refractivity contribution is 0.223. The van der Waals surface area contributed by atoms with E-state index in [0.29, 0.717) is 11.2 Å². The van der Waals surface area contributed by atoms with Crippen molar-refractivity contribution in [3.63, 3.8) is 0 Å². The van der Waals surface area contributed by atoms with E-state index in [4.69, 9.17) is 11.6 Å². The molecule has 0 bridgehead atoms. The quantitative estimate of drug-likeness (QED) is 0.754. The second kappa shape index (κ2) is 4.79. The zero-order valence-electron chi connectivity index (χ0n) is 10.1. The van der Waals surface area contributed by atoms with Gasteiger partial charge in [0.1, 0.15) is 17.1 Å². The summed E-state index contributed by atoms with van der Waals surface area (Å²) < 4.78 is 3.21. The van der Waals surface area contributed by atoms with Gasteiger partial charge in [0, 0.05) is 16.7 Å². The number of piperidine rings is 1. The van der Waals surface area contributed by atoms with E-state index in [1.165, 1.54) is 6.33 Å². The summed E-state index contributed by atoms with van der Waals surface area (Å²) in [7, 11) is 2.17. The molecule has 3 heterocycles. The maximum absolute atomic E-state index is 6.14. The molecule has 0 aliphatic carbocycles. The Morgan fingerprint density at radius 1 is 1.33 bits per heavy atom. The molecule has 4 nitrogen and oxygen atoms in total. The number of hydrogen-bond acceptors (Lipinski definition) is 3. The van der Waals surface area contributed by atoms with Crippen LogP contribution in [0.3, 0.4) is 0 Å². The highest BCUT2D eigenvalue weighted by atomic mass is 79.9. The third-order valence-corrected chi connectivity index (χ3v) is 4.49. The Morgan fingerprint density at radius 2 is 2.06 bits per heavy atom. The summed E-state index contributed by atoms with van der Waals surface area (Å²) in [6.45, 7) is 2.25. The highest BCUT2D eigenvalue weighted by Gasteiger charge is 2.22. The van der Waals surface area contributed by atoms with Gasteiger partial charge >= 0.3 is 0 Å². The number of likely N-dealkylation sites (tertiary alicyclic amines) is 1. The van der Waals surface area contributed by atoms with Crippen LogP contribution in [0.25, 0.3) is 11.0 Å². The number of aromatic nitrogens is 3. The van der Waals surface area contributed by atoms with Crippen molar-refractivity contribution in [3.8, 4) is 0 Å². The first kappa shape index (κ1) is 12.4. The van der Waals surface area contributed by atoms with Gasteiger partial charge < -0.3 is 9.47 Å². The number of hydrogen-bond donors (Lipinski definition) is 0. The molecule has 1 fully saturated rings. The van der Waals surface area contributed by atoms with Gasteiger partial charge in [-0.05, 0) is 48.9 Å². The summed E-state index contributed by atoms with van der Waals surface area (Å²) in [4.78, 5) is 10.8. The second-order valence-electron chi connectivity index (χ2n) is 4.78. The van der Waals surface area contributed by atoms with Crippen molar-refractivity contribution in [2.45, 2.75) is 18.9 Å². The van der Waals surface area contributed by atoms with E-state index in [1.807, 2.05) is 0 Å². The summed E-state index contributed by atoms with van der Waals surface area (Å²) in [5.74, 6) is 0. The first-order chi connectivity index (χ1) is 8.66. The monoisotopic (exact) mass is 328 g/mol. The Kier molecular flexibility index (Phi) is 3.30. The van der Waals surface area contributed by atoms with E-state index in [9.17, 15) is 0 Å². The molecule has 18 heavy (non-hydrogen) atoms. The van der Waals surface area contributed by atoms with Gasteiger partial charge in [-0.3, -0.25) is 0 Å². The van der Waals surface area contributed by atoms with Crippen LogP contribution in [0, 0.1) is 0 Å². The number of nitrogens with zero attached hydrogens (tertiary/aromatic N) is 4. The molecule has 0 atom stereocenters. The fourth-order valence-electron chi connectivity index (χ4n) is 2.56. The van der Waals surface area contributed by atoms with Crippen molar-refractivity contribution < 1.29 is 0 Å². The van der Waals surface area contributed by atoms with Gasteiger partial charge in [-0.15, -0.1) is 0 Å². The van der Waals surface area contributed by atoms with Crippen molar-refractivity contribution in [2.75, 3.05) is 20.1 Å². The van der Waals surface area contributed by atoms with Crippen molar-refractivity contribution in [1.82, 2.24) is 19.4 Å². The van der Waals surface area contributed by atoms with Crippen LogP contribution in [0.2, 0.25) is 5.15 Å². The topological polar surface area (TPSA) is 34.0 Å². The van der Waals surface area contributed by atoms with Crippen molar-refractivity contribution in [1.29, 1.82) is 0 Å². The molecule has 0 N–H and O–H groups in total. The smallest absolute Gasteiger partial charge is 0.146 e.